The Labute approximate surface area is 120 Å². The van der Waals surface area contributed by atoms with E-state index in [1.807, 2.05) is 39.2 Å². The average Bonchev–Trinajstić information content (AvgIpc) is 2.71. The molecule has 2 heterocycles. The van der Waals surface area contributed by atoms with Crippen LogP contribution >= 0.6 is 0 Å². The van der Waals surface area contributed by atoms with E-state index in [1.54, 1.807) is 4.68 Å². The summed E-state index contributed by atoms with van der Waals surface area (Å²) in [6.45, 7) is 7.81. The number of pyridine rings is 1. The molecule has 0 unspecified atom stereocenters. The smallest absolute Gasteiger partial charge is 0.217 e. The van der Waals surface area contributed by atoms with Crippen molar-refractivity contribution < 1.29 is 4.74 Å². The van der Waals surface area contributed by atoms with Crippen LogP contribution in [0, 0.1) is 13.8 Å². The molecule has 0 aliphatic heterocycles. The van der Waals surface area contributed by atoms with Crippen LogP contribution in [0.15, 0.2) is 18.3 Å². The molecule has 2 aromatic heterocycles. The lowest BCUT2D eigenvalue weighted by Gasteiger charge is -2.12. The summed E-state index contributed by atoms with van der Waals surface area (Å²) in [5.74, 6) is 1.58. The zero-order valence-electron chi connectivity index (χ0n) is 12.6. The molecule has 5 heteroatoms. The molecule has 0 amide bonds. The number of rotatable bonds is 6. The standard InChI is InChI=1S/C15H22N4O/c1-5-6-16-9-13-10-17-11(2)7-14(13)20-15-8-12(3)18-19(15)4/h7-8,10,16H,5-6,9H2,1-4H3. The average molecular weight is 274 g/mol. The molecule has 0 radical (unpaired) electrons. The quantitative estimate of drug-likeness (QED) is 0.823. The molecule has 0 saturated carbocycles. The number of nitrogens with one attached hydrogen (secondary N) is 1. The van der Waals surface area contributed by atoms with Crippen LogP contribution in [0.25, 0.3) is 0 Å². The molecule has 0 aromatic carbocycles. The summed E-state index contributed by atoms with van der Waals surface area (Å²) < 4.78 is 7.74. The fraction of sp³-hybridized carbons (Fsp3) is 0.467. The van der Waals surface area contributed by atoms with Crippen LogP contribution in [0.3, 0.4) is 0 Å². The second-order valence-corrected chi connectivity index (χ2v) is 4.96. The van der Waals surface area contributed by atoms with Crippen molar-refractivity contribution in [2.45, 2.75) is 33.7 Å². The Balaban J connectivity index is 2.20. The van der Waals surface area contributed by atoms with Crippen molar-refractivity contribution in [2.24, 2.45) is 7.05 Å². The van der Waals surface area contributed by atoms with Crippen molar-refractivity contribution >= 4 is 0 Å². The first kappa shape index (κ1) is 14.5. The highest BCUT2D eigenvalue weighted by molar-refractivity contribution is 5.36. The molecule has 0 aliphatic carbocycles. The number of aryl methyl sites for hydroxylation is 3. The summed E-state index contributed by atoms with van der Waals surface area (Å²) in [6, 6.07) is 3.89. The van der Waals surface area contributed by atoms with Crippen LogP contribution in [0.2, 0.25) is 0 Å². The van der Waals surface area contributed by atoms with Gasteiger partial charge in [-0.1, -0.05) is 6.92 Å². The summed E-state index contributed by atoms with van der Waals surface area (Å²) in [5.41, 5.74) is 2.94. The van der Waals surface area contributed by atoms with Gasteiger partial charge in [-0.25, -0.2) is 4.68 Å². The predicted molar refractivity (Wildman–Crippen MR) is 79.0 cm³/mol. The normalized spacial score (nSPS) is 10.8. The molecule has 0 fully saturated rings. The molecule has 20 heavy (non-hydrogen) atoms. The van der Waals surface area contributed by atoms with Gasteiger partial charge in [0.1, 0.15) is 5.75 Å². The highest BCUT2D eigenvalue weighted by Gasteiger charge is 2.09. The van der Waals surface area contributed by atoms with Crippen LogP contribution in [-0.2, 0) is 13.6 Å². The summed E-state index contributed by atoms with van der Waals surface area (Å²) in [4.78, 5) is 4.35. The number of nitrogens with zero attached hydrogens (tertiary/aromatic N) is 3. The highest BCUT2D eigenvalue weighted by atomic mass is 16.5. The minimum atomic E-state index is 0.741. The Morgan fingerprint density at radius 2 is 2.05 bits per heavy atom. The zero-order chi connectivity index (χ0) is 14.5. The molecule has 1 N–H and O–H groups in total. The highest BCUT2D eigenvalue weighted by Crippen LogP contribution is 2.25. The van der Waals surface area contributed by atoms with E-state index in [9.17, 15) is 0 Å². The SMILES string of the molecule is CCCNCc1cnc(C)cc1Oc1cc(C)nn1C. The second-order valence-electron chi connectivity index (χ2n) is 4.96. The summed E-state index contributed by atoms with van der Waals surface area (Å²) in [6.07, 6.45) is 2.98. The zero-order valence-corrected chi connectivity index (χ0v) is 12.6. The van der Waals surface area contributed by atoms with Crippen LogP contribution in [0.5, 0.6) is 11.6 Å². The van der Waals surface area contributed by atoms with Crippen molar-refractivity contribution in [1.29, 1.82) is 0 Å². The first-order valence-electron chi connectivity index (χ1n) is 6.95. The van der Waals surface area contributed by atoms with E-state index in [-0.39, 0.29) is 0 Å². The minimum absolute atomic E-state index is 0.741. The molecule has 108 valence electrons. The molecule has 2 aromatic rings. The van der Waals surface area contributed by atoms with Crippen molar-refractivity contribution in [1.82, 2.24) is 20.1 Å². The van der Waals surface area contributed by atoms with Gasteiger partial charge in [-0.2, -0.15) is 5.10 Å². The van der Waals surface area contributed by atoms with Crippen LogP contribution in [0.1, 0.15) is 30.3 Å². The Morgan fingerprint density at radius 1 is 1.25 bits per heavy atom. The molecule has 0 aliphatic rings. The van der Waals surface area contributed by atoms with Gasteiger partial charge in [-0.05, 0) is 26.8 Å². The predicted octanol–water partition coefficient (Wildman–Crippen LogP) is 2.72. The Morgan fingerprint density at radius 3 is 2.70 bits per heavy atom. The lowest BCUT2D eigenvalue weighted by Crippen LogP contribution is -2.14. The molecule has 0 atom stereocenters. The van der Waals surface area contributed by atoms with Crippen LogP contribution in [-0.4, -0.2) is 21.3 Å². The third kappa shape index (κ3) is 3.57. The monoisotopic (exact) mass is 274 g/mol. The molecule has 0 bridgehead atoms. The molecule has 0 spiro atoms. The van der Waals surface area contributed by atoms with Gasteiger partial charge in [0.15, 0.2) is 0 Å². The van der Waals surface area contributed by atoms with E-state index >= 15 is 0 Å². The van der Waals surface area contributed by atoms with Gasteiger partial charge in [-0.15, -0.1) is 0 Å². The van der Waals surface area contributed by atoms with Gasteiger partial charge < -0.3 is 10.1 Å². The Hall–Kier alpha value is -1.88. The van der Waals surface area contributed by atoms with Crippen molar-refractivity contribution in [2.75, 3.05) is 6.54 Å². The summed E-state index contributed by atoms with van der Waals surface area (Å²) in [5, 5.41) is 7.67. The maximum atomic E-state index is 5.99. The molecule has 0 saturated heterocycles. The summed E-state index contributed by atoms with van der Waals surface area (Å²) in [7, 11) is 1.88. The largest absolute Gasteiger partial charge is 0.439 e. The van der Waals surface area contributed by atoms with E-state index in [4.69, 9.17) is 4.74 Å². The van der Waals surface area contributed by atoms with E-state index in [1.165, 1.54) is 0 Å². The summed E-state index contributed by atoms with van der Waals surface area (Å²) >= 11 is 0. The number of hydrogen-bond donors (Lipinski definition) is 1. The maximum absolute atomic E-state index is 5.99. The van der Waals surface area contributed by atoms with Gasteiger partial charge in [0.25, 0.3) is 0 Å². The number of aromatic nitrogens is 3. The first-order valence-corrected chi connectivity index (χ1v) is 6.95. The maximum Gasteiger partial charge on any atom is 0.217 e. The fourth-order valence-corrected chi connectivity index (χ4v) is 1.99. The van der Waals surface area contributed by atoms with E-state index < -0.39 is 0 Å². The van der Waals surface area contributed by atoms with Gasteiger partial charge in [-0.3, -0.25) is 4.98 Å². The fourth-order valence-electron chi connectivity index (χ4n) is 1.99. The minimum Gasteiger partial charge on any atom is -0.439 e. The van der Waals surface area contributed by atoms with E-state index in [2.05, 4.69) is 22.3 Å². The van der Waals surface area contributed by atoms with Crippen molar-refractivity contribution in [3.8, 4) is 11.6 Å². The lowest BCUT2D eigenvalue weighted by molar-refractivity contribution is 0.423. The van der Waals surface area contributed by atoms with Gasteiger partial charge in [0, 0.05) is 43.2 Å². The topological polar surface area (TPSA) is 52.0 Å². The van der Waals surface area contributed by atoms with E-state index in [0.717, 1.165) is 48.1 Å². The number of hydrogen-bond acceptors (Lipinski definition) is 4. The second kappa shape index (κ2) is 6.52. The number of ether oxygens (including phenoxy) is 1. The Kier molecular flexibility index (Phi) is 4.74. The van der Waals surface area contributed by atoms with Gasteiger partial charge in [0.2, 0.25) is 5.88 Å². The molecule has 5 nitrogen and oxygen atoms in total. The third-order valence-electron chi connectivity index (χ3n) is 3.00. The van der Waals surface area contributed by atoms with Crippen LogP contribution < -0.4 is 10.1 Å². The van der Waals surface area contributed by atoms with Gasteiger partial charge >= 0.3 is 0 Å². The molecular formula is C15H22N4O. The van der Waals surface area contributed by atoms with E-state index in [0.29, 0.717) is 0 Å². The third-order valence-corrected chi connectivity index (χ3v) is 3.00. The molecule has 2 rings (SSSR count). The lowest BCUT2D eigenvalue weighted by atomic mass is 10.2. The van der Waals surface area contributed by atoms with Crippen LogP contribution in [0.4, 0.5) is 0 Å². The molecular weight excluding hydrogens is 252 g/mol. The first-order chi connectivity index (χ1) is 9.60. The Bertz CT molecular complexity index is 577. The van der Waals surface area contributed by atoms with Gasteiger partial charge in [0.05, 0.1) is 5.69 Å². The van der Waals surface area contributed by atoms with Crippen molar-refractivity contribution in [3.05, 3.63) is 35.3 Å². The van der Waals surface area contributed by atoms with Crippen molar-refractivity contribution in [3.63, 3.8) is 0 Å².